The number of para-hydroxylation sites is 1. The molecule has 1 saturated heterocycles. The third kappa shape index (κ3) is 5.08. The topological polar surface area (TPSA) is 57.5 Å². The van der Waals surface area contributed by atoms with Crippen LogP contribution >= 0.6 is 0 Å². The number of hydrogen-bond donors (Lipinski definition) is 2. The molecule has 1 unspecified atom stereocenters. The highest BCUT2D eigenvalue weighted by Gasteiger charge is 2.15. The van der Waals surface area contributed by atoms with Crippen LogP contribution in [0, 0.1) is 6.92 Å². The number of anilines is 1. The molecule has 1 aliphatic heterocycles. The van der Waals surface area contributed by atoms with Crippen molar-refractivity contribution in [2.75, 3.05) is 25.0 Å². The Balaban J connectivity index is 1.41. The molecule has 2 N–H and O–H groups in total. The van der Waals surface area contributed by atoms with E-state index in [9.17, 15) is 0 Å². The molecule has 2 aromatic carbocycles. The van der Waals surface area contributed by atoms with Crippen molar-refractivity contribution >= 4 is 11.6 Å². The molecule has 162 valence electrons. The molecule has 1 aromatic heterocycles. The molecule has 1 aliphatic rings. The highest BCUT2D eigenvalue weighted by atomic mass is 15.3. The van der Waals surface area contributed by atoms with Crippen molar-refractivity contribution in [1.82, 2.24) is 20.4 Å². The number of rotatable bonds is 6. The van der Waals surface area contributed by atoms with E-state index in [4.69, 9.17) is 0 Å². The summed E-state index contributed by atoms with van der Waals surface area (Å²) in [4.78, 5) is 6.91. The molecule has 31 heavy (non-hydrogen) atoms. The second-order valence-corrected chi connectivity index (χ2v) is 8.11. The summed E-state index contributed by atoms with van der Waals surface area (Å²) in [6, 6.07) is 19.3. The number of guanidine groups is 1. The fourth-order valence-electron chi connectivity index (χ4n) is 4.06. The van der Waals surface area contributed by atoms with Gasteiger partial charge < -0.3 is 15.5 Å². The van der Waals surface area contributed by atoms with Gasteiger partial charge in [-0.05, 0) is 62.1 Å². The summed E-state index contributed by atoms with van der Waals surface area (Å²) < 4.78 is 1.93. The molecule has 4 rings (SSSR count). The summed E-state index contributed by atoms with van der Waals surface area (Å²) in [5.74, 6) is 0.783. The van der Waals surface area contributed by atoms with E-state index in [1.54, 1.807) is 0 Å². The van der Waals surface area contributed by atoms with Gasteiger partial charge in [-0.1, -0.05) is 30.3 Å². The van der Waals surface area contributed by atoms with Gasteiger partial charge in [0.2, 0.25) is 0 Å². The van der Waals surface area contributed by atoms with Gasteiger partial charge in [-0.3, -0.25) is 4.99 Å². The first-order valence-electron chi connectivity index (χ1n) is 11.1. The van der Waals surface area contributed by atoms with Gasteiger partial charge in [0.05, 0.1) is 17.4 Å². The Morgan fingerprint density at radius 2 is 1.90 bits per heavy atom. The molecular formula is C25H32N6. The second-order valence-electron chi connectivity index (χ2n) is 8.11. The maximum Gasteiger partial charge on any atom is 0.191 e. The van der Waals surface area contributed by atoms with Crippen LogP contribution in [0.4, 0.5) is 5.69 Å². The van der Waals surface area contributed by atoms with Crippen LogP contribution in [0.15, 0.2) is 65.8 Å². The number of aryl methyl sites for hydroxylation is 1. The van der Waals surface area contributed by atoms with E-state index in [0.717, 1.165) is 36.0 Å². The van der Waals surface area contributed by atoms with E-state index < -0.39 is 0 Å². The minimum atomic E-state index is 0.151. The Bertz CT molecular complexity index is 1030. The van der Waals surface area contributed by atoms with Gasteiger partial charge in [-0.25, -0.2) is 4.68 Å². The van der Waals surface area contributed by atoms with Crippen LogP contribution in [0.1, 0.15) is 42.6 Å². The highest BCUT2D eigenvalue weighted by Crippen LogP contribution is 2.24. The average Bonchev–Trinajstić information content (AvgIpc) is 3.49. The van der Waals surface area contributed by atoms with Crippen LogP contribution < -0.4 is 15.5 Å². The molecule has 6 heteroatoms. The fourth-order valence-corrected chi connectivity index (χ4v) is 4.06. The summed E-state index contributed by atoms with van der Waals surface area (Å²) in [6.45, 7) is 7.16. The van der Waals surface area contributed by atoms with Gasteiger partial charge in [0.15, 0.2) is 5.96 Å². The van der Waals surface area contributed by atoms with Crippen molar-refractivity contribution in [2.24, 2.45) is 4.99 Å². The third-order valence-corrected chi connectivity index (χ3v) is 5.83. The lowest BCUT2D eigenvalue weighted by atomic mass is 10.1. The SMILES string of the molecule is CN=C(NCc1ccccc1-n1ccc(C)n1)NC(C)c1cccc(N2CCCC2)c1. The summed E-state index contributed by atoms with van der Waals surface area (Å²) in [7, 11) is 1.81. The molecule has 1 fully saturated rings. The monoisotopic (exact) mass is 416 g/mol. The zero-order valence-corrected chi connectivity index (χ0v) is 18.7. The van der Waals surface area contributed by atoms with E-state index in [0.29, 0.717) is 6.54 Å². The maximum absolute atomic E-state index is 4.56. The Morgan fingerprint density at radius 3 is 2.65 bits per heavy atom. The van der Waals surface area contributed by atoms with Crippen molar-refractivity contribution in [1.29, 1.82) is 0 Å². The smallest absolute Gasteiger partial charge is 0.191 e. The molecule has 6 nitrogen and oxygen atoms in total. The molecule has 1 atom stereocenters. The lowest BCUT2D eigenvalue weighted by molar-refractivity contribution is 0.683. The van der Waals surface area contributed by atoms with Gasteiger partial charge in [0, 0.05) is 38.6 Å². The largest absolute Gasteiger partial charge is 0.372 e. The van der Waals surface area contributed by atoms with Crippen molar-refractivity contribution in [3.8, 4) is 5.69 Å². The summed E-state index contributed by atoms with van der Waals surface area (Å²) >= 11 is 0. The summed E-state index contributed by atoms with van der Waals surface area (Å²) in [5, 5.41) is 11.5. The molecular weight excluding hydrogens is 384 g/mol. The van der Waals surface area contributed by atoms with Crippen molar-refractivity contribution in [2.45, 2.75) is 39.3 Å². The average molecular weight is 417 g/mol. The summed E-state index contributed by atoms with van der Waals surface area (Å²) in [5.41, 5.74) is 5.82. The first-order chi connectivity index (χ1) is 15.1. The maximum atomic E-state index is 4.56. The number of hydrogen-bond acceptors (Lipinski definition) is 3. The van der Waals surface area contributed by atoms with Crippen LogP contribution in [0.2, 0.25) is 0 Å². The van der Waals surface area contributed by atoms with Gasteiger partial charge in [0.1, 0.15) is 0 Å². The zero-order chi connectivity index (χ0) is 21.6. The van der Waals surface area contributed by atoms with Crippen LogP contribution in [0.5, 0.6) is 0 Å². The van der Waals surface area contributed by atoms with Crippen LogP contribution in [-0.4, -0.2) is 35.9 Å². The van der Waals surface area contributed by atoms with E-state index >= 15 is 0 Å². The van der Waals surface area contributed by atoms with Gasteiger partial charge in [-0.2, -0.15) is 5.10 Å². The number of aliphatic imine (C=N–C) groups is 1. The Kier molecular flexibility index (Phi) is 6.55. The minimum Gasteiger partial charge on any atom is -0.372 e. The number of benzene rings is 2. The summed E-state index contributed by atoms with van der Waals surface area (Å²) in [6.07, 6.45) is 4.57. The molecule has 0 bridgehead atoms. The van der Waals surface area contributed by atoms with Crippen molar-refractivity contribution in [3.63, 3.8) is 0 Å². The van der Waals surface area contributed by atoms with E-state index in [-0.39, 0.29) is 6.04 Å². The molecule has 0 amide bonds. The van der Waals surface area contributed by atoms with Crippen molar-refractivity contribution in [3.05, 3.63) is 77.6 Å². The van der Waals surface area contributed by atoms with Gasteiger partial charge in [-0.15, -0.1) is 0 Å². The molecule has 0 spiro atoms. The molecule has 0 aliphatic carbocycles. The number of nitrogens with zero attached hydrogens (tertiary/aromatic N) is 4. The number of nitrogens with one attached hydrogen (secondary N) is 2. The second kappa shape index (κ2) is 9.69. The molecule has 0 saturated carbocycles. The lowest BCUT2D eigenvalue weighted by Gasteiger charge is -2.22. The Hall–Kier alpha value is -3.28. The van der Waals surface area contributed by atoms with Crippen molar-refractivity contribution < 1.29 is 0 Å². The molecule has 2 heterocycles. The number of aromatic nitrogens is 2. The van der Waals surface area contributed by atoms with E-state index in [1.165, 1.54) is 24.1 Å². The van der Waals surface area contributed by atoms with E-state index in [2.05, 4.69) is 75.0 Å². The molecule has 0 radical (unpaired) electrons. The van der Waals surface area contributed by atoms with Crippen LogP contribution in [0.25, 0.3) is 5.69 Å². The predicted molar refractivity (Wildman–Crippen MR) is 128 cm³/mol. The lowest BCUT2D eigenvalue weighted by Crippen LogP contribution is -2.38. The van der Waals surface area contributed by atoms with Crippen LogP contribution in [-0.2, 0) is 6.54 Å². The van der Waals surface area contributed by atoms with Crippen LogP contribution in [0.3, 0.4) is 0 Å². The Labute approximate surface area is 185 Å². The zero-order valence-electron chi connectivity index (χ0n) is 18.7. The van der Waals surface area contributed by atoms with E-state index in [1.807, 2.05) is 37.0 Å². The quantitative estimate of drug-likeness (QED) is 0.467. The normalized spacial score (nSPS) is 15.2. The first-order valence-corrected chi connectivity index (χ1v) is 11.1. The van der Waals surface area contributed by atoms with Gasteiger partial charge in [0.25, 0.3) is 0 Å². The fraction of sp³-hybridized carbons (Fsp3) is 0.360. The first kappa shape index (κ1) is 21.0. The third-order valence-electron chi connectivity index (χ3n) is 5.83. The predicted octanol–water partition coefficient (Wildman–Crippen LogP) is 4.21. The Morgan fingerprint density at radius 1 is 1.10 bits per heavy atom. The standard InChI is InChI=1S/C25H32N6/c1-19-13-16-31(29-19)24-12-5-4-9-22(24)18-27-25(26-3)28-20(2)21-10-8-11-23(17-21)30-14-6-7-15-30/h4-5,8-13,16-17,20H,6-7,14-15,18H2,1-3H3,(H2,26,27,28). The molecule has 3 aromatic rings. The van der Waals surface area contributed by atoms with Gasteiger partial charge >= 0.3 is 0 Å². The highest BCUT2D eigenvalue weighted by molar-refractivity contribution is 5.80. The minimum absolute atomic E-state index is 0.151.